The van der Waals surface area contributed by atoms with Gasteiger partial charge < -0.3 is 9.42 Å². The first-order valence-corrected chi connectivity index (χ1v) is 6.04. The van der Waals surface area contributed by atoms with Crippen LogP contribution in [0.3, 0.4) is 0 Å². The molecule has 96 valence electrons. The van der Waals surface area contributed by atoms with E-state index < -0.39 is 0 Å². The Hall–Kier alpha value is -2.43. The highest BCUT2D eigenvalue weighted by molar-refractivity contribution is 6.12. The summed E-state index contributed by atoms with van der Waals surface area (Å²) < 4.78 is 5.00. The molecule has 3 rings (SSSR count). The minimum absolute atomic E-state index is 0.0633. The van der Waals surface area contributed by atoms with Crippen molar-refractivity contribution in [1.82, 2.24) is 5.16 Å². The number of amides is 1. The van der Waals surface area contributed by atoms with Crippen molar-refractivity contribution in [2.45, 2.75) is 13.3 Å². The van der Waals surface area contributed by atoms with Crippen molar-refractivity contribution in [2.75, 3.05) is 11.4 Å². The summed E-state index contributed by atoms with van der Waals surface area (Å²) in [5, 5.41) is 3.71. The van der Waals surface area contributed by atoms with E-state index in [1.807, 2.05) is 6.07 Å². The van der Waals surface area contributed by atoms with Crippen molar-refractivity contribution >= 4 is 17.4 Å². The summed E-state index contributed by atoms with van der Waals surface area (Å²) in [4.78, 5) is 25.8. The van der Waals surface area contributed by atoms with Gasteiger partial charge in [0.05, 0.1) is 11.4 Å². The largest absolute Gasteiger partial charge is 0.351 e. The molecule has 5 heteroatoms. The van der Waals surface area contributed by atoms with Crippen molar-refractivity contribution in [1.29, 1.82) is 0 Å². The summed E-state index contributed by atoms with van der Waals surface area (Å²) in [5.41, 5.74) is 1.88. The number of ketones is 1. The van der Waals surface area contributed by atoms with Crippen molar-refractivity contribution in [3.8, 4) is 0 Å². The maximum Gasteiger partial charge on any atom is 0.296 e. The lowest BCUT2D eigenvalue weighted by Crippen LogP contribution is -2.37. The first-order valence-electron chi connectivity index (χ1n) is 6.04. The van der Waals surface area contributed by atoms with Gasteiger partial charge in [0.25, 0.3) is 5.91 Å². The summed E-state index contributed by atoms with van der Waals surface area (Å²) in [7, 11) is 0. The zero-order valence-electron chi connectivity index (χ0n) is 10.4. The molecule has 5 nitrogen and oxygen atoms in total. The van der Waals surface area contributed by atoms with E-state index in [1.165, 1.54) is 0 Å². The van der Waals surface area contributed by atoms with E-state index in [9.17, 15) is 9.59 Å². The predicted molar refractivity (Wildman–Crippen MR) is 68.3 cm³/mol. The number of nitrogens with zero attached hydrogens (tertiary/aromatic N) is 2. The maximum absolute atomic E-state index is 12.4. The molecule has 0 unspecified atom stereocenters. The van der Waals surface area contributed by atoms with Crippen LogP contribution in [0.15, 0.2) is 34.9 Å². The Bertz CT molecular complexity index is 660. The summed E-state index contributed by atoms with van der Waals surface area (Å²) in [6.45, 7) is 2.13. The lowest BCUT2D eigenvalue weighted by Gasteiger charge is -2.27. The number of rotatable bonds is 1. The molecule has 19 heavy (non-hydrogen) atoms. The van der Waals surface area contributed by atoms with E-state index >= 15 is 0 Å². The van der Waals surface area contributed by atoms with E-state index in [-0.39, 0.29) is 17.5 Å². The van der Waals surface area contributed by atoms with Crippen molar-refractivity contribution < 1.29 is 14.1 Å². The lowest BCUT2D eigenvalue weighted by molar-refractivity contribution is 0.0933. The number of para-hydroxylation sites is 1. The highest BCUT2D eigenvalue weighted by atomic mass is 16.5. The third kappa shape index (κ3) is 1.93. The second-order valence-corrected chi connectivity index (χ2v) is 4.48. The number of anilines is 1. The van der Waals surface area contributed by atoms with Gasteiger partial charge in [-0.05, 0) is 19.1 Å². The van der Waals surface area contributed by atoms with Crippen LogP contribution < -0.4 is 4.90 Å². The Morgan fingerprint density at radius 3 is 2.89 bits per heavy atom. The highest BCUT2D eigenvalue weighted by Gasteiger charge is 2.29. The van der Waals surface area contributed by atoms with Crippen LogP contribution in [0, 0.1) is 6.92 Å². The molecule has 1 aliphatic rings. The van der Waals surface area contributed by atoms with Crippen molar-refractivity contribution in [2.24, 2.45) is 0 Å². The standard InChI is InChI=1S/C14H12N2O3/c1-9-8-13(19-15-9)14(18)16-7-6-12(17)10-4-2-3-5-11(10)16/h2-5,8H,6-7H2,1H3. The molecule has 0 atom stereocenters. The van der Waals surface area contributed by atoms with Gasteiger partial charge in [-0.15, -0.1) is 0 Å². The first-order chi connectivity index (χ1) is 9.16. The summed E-state index contributed by atoms with van der Waals surface area (Å²) in [5.74, 6) is -0.00407. The predicted octanol–water partition coefficient (Wildman–Crippen LogP) is 2.22. The molecule has 0 N–H and O–H groups in total. The Morgan fingerprint density at radius 2 is 2.16 bits per heavy atom. The van der Waals surface area contributed by atoms with E-state index in [0.29, 0.717) is 29.9 Å². The molecular weight excluding hydrogens is 244 g/mol. The first kappa shape index (κ1) is 11.6. The molecule has 0 fully saturated rings. The zero-order chi connectivity index (χ0) is 13.4. The van der Waals surface area contributed by atoms with Crippen LogP contribution in [0.4, 0.5) is 5.69 Å². The number of hydrogen-bond acceptors (Lipinski definition) is 4. The molecule has 1 aromatic heterocycles. The maximum atomic E-state index is 12.4. The number of hydrogen-bond donors (Lipinski definition) is 0. The van der Waals surface area contributed by atoms with Gasteiger partial charge in [-0.25, -0.2) is 0 Å². The number of benzene rings is 1. The van der Waals surface area contributed by atoms with Gasteiger partial charge in [-0.3, -0.25) is 9.59 Å². The van der Waals surface area contributed by atoms with E-state index in [2.05, 4.69) is 5.16 Å². The number of carbonyl (C=O) groups is 2. The summed E-state index contributed by atoms with van der Waals surface area (Å²) in [6.07, 6.45) is 0.329. The summed E-state index contributed by atoms with van der Waals surface area (Å²) in [6, 6.07) is 8.71. The van der Waals surface area contributed by atoms with Gasteiger partial charge in [0.15, 0.2) is 5.78 Å². The van der Waals surface area contributed by atoms with Gasteiger partial charge in [-0.1, -0.05) is 17.3 Å². The molecule has 2 aromatic rings. The third-order valence-corrected chi connectivity index (χ3v) is 3.14. The highest BCUT2D eigenvalue weighted by Crippen LogP contribution is 2.28. The number of aryl methyl sites for hydroxylation is 1. The number of carbonyl (C=O) groups excluding carboxylic acids is 2. The Balaban J connectivity index is 2.01. The van der Waals surface area contributed by atoms with E-state index in [4.69, 9.17) is 4.52 Å². The smallest absolute Gasteiger partial charge is 0.296 e. The number of aromatic nitrogens is 1. The molecule has 2 heterocycles. The molecule has 1 amide bonds. The Labute approximate surface area is 109 Å². The Kier molecular flexibility index (Phi) is 2.67. The number of Topliss-reactive ketones (excluding diaryl/α,β-unsaturated/α-hetero) is 1. The molecule has 0 aliphatic carbocycles. The minimum Gasteiger partial charge on any atom is -0.351 e. The van der Waals surface area contributed by atoms with E-state index in [0.717, 1.165) is 0 Å². The molecule has 1 aliphatic heterocycles. The van der Waals surface area contributed by atoms with Gasteiger partial charge in [0.1, 0.15) is 0 Å². The fourth-order valence-electron chi connectivity index (χ4n) is 2.22. The Morgan fingerprint density at radius 1 is 1.37 bits per heavy atom. The topological polar surface area (TPSA) is 63.4 Å². The normalized spacial score (nSPS) is 14.4. The van der Waals surface area contributed by atoms with Crippen LogP contribution in [0.25, 0.3) is 0 Å². The number of fused-ring (bicyclic) bond motifs is 1. The second-order valence-electron chi connectivity index (χ2n) is 4.48. The van der Waals surface area contributed by atoms with Crippen LogP contribution in [0.2, 0.25) is 0 Å². The molecule has 1 aromatic carbocycles. The third-order valence-electron chi connectivity index (χ3n) is 3.14. The lowest BCUT2D eigenvalue weighted by atomic mass is 10.0. The van der Waals surface area contributed by atoms with Gasteiger partial charge in [0, 0.05) is 24.6 Å². The van der Waals surface area contributed by atoms with Crippen molar-refractivity contribution in [3.63, 3.8) is 0 Å². The van der Waals surface area contributed by atoms with Crippen LogP contribution in [-0.4, -0.2) is 23.4 Å². The van der Waals surface area contributed by atoms with Gasteiger partial charge in [0.2, 0.25) is 5.76 Å². The van der Waals surface area contributed by atoms with E-state index in [1.54, 1.807) is 36.1 Å². The average molecular weight is 256 g/mol. The SMILES string of the molecule is Cc1cc(C(=O)N2CCC(=O)c3ccccc32)on1. The molecule has 0 spiro atoms. The zero-order valence-corrected chi connectivity index (χ0v) is 10.4. The molecule has 0 saturated carbocycles. The average Bonchev–Trinajstić information content (AvgIpc) is 2.86. The molecule has 0 bridgehead atoms. The second kappa shape index (κ2) is 4.35. The van der Waals surface area contributed by atoms with Crippen LogP contribution in [0.5, 0.6) is 0 Å². The van der Waals surface area contributed by atoms with Crippen LogP contribution >= 0.6 is 0 Å². The van der Waals surface area contributed by atoms with Crippen LogP contribution in [0.1, 0.15) is 33.0 Å². The quantitative estimate of drug-likeness (QED) is 0.784. The molecular formula is C14H12N2O3. The van der Waals surface area contributed by atoms with Crippen molar-refractivity contribution in [3.05, 3.63) is 47.3 Å². The van der Waals surface area contributed by atoms with Crippen LogP contribution in [-0.2, 0) is 0 Å². The fourth-order valence-corrected chi connectivity index (χ4v) is 2.22. The molecule has 0 radical (unpaired) electrons. The fraction of sp³-hybridized carbons (Fsp3) is 0.214. The summed E-state index contributed by atoms with van der Waals surface area (Å²) >= 11 is 0. The van der Waals surface area contributed by atoms with Gasteiger partial charge >= 0.3 is 0 Å². The van der Waals surface area contributed by atoms with Gasteiger partial charge in [-0.2, -0.15) is 0 Å². The monoisotopic (exact) mass is 256 g/mol. The minimum atomic E-state index is -0.263. The molecule has 0 saturated heterocycles.